The number of carbonyl (C=O) groups is 2. The number of amides is 1. The van der Waals surface area contributed by atoms with E-state index in [1.54, 1.807) is 0 Å². The summed E-state index contributed by atoms with van der Waals surface area (Å²) in [5, 5.41) is 23.4. The molecule has 0 rings (SSSR count). The molecule has 0 aromatic carbocycles. The van der Waals surface area contributed by atoms with Crippen molar-refractivity contribution in [1.82, 2.24) is 5.32 Å². The molecule has 88 heavy (non-hydrogen) atoms. The molecule has 0 aliphatic carbocycles. The van der Waals surface area contributed by atoms with E-state index >= 15 is 0 Å². The summed E-state index contributed by atoms with van der Waals surface area (Å²) in [5.74, 6) is -0.0216. The highest BCUT2D eigenvalue weighted by molar-refractivity contribution is 5.76. The fourth-order valence-electron chi connectivity index (χ4n) is 12.5. The number of unbranched alkanes of at least 4 members (excludes halogenated alkanes) is 56. The molecule has 2 atom stereocenters. The zero-order valence-electron chi connectivity index (χ0n) is 59.5. The maximum atomic E-state index is 12.5. The lowest BCUT2D eigenvalue weighted by molar-refractivity contribution is -0.143. The lowest BCUT2D eigenvalue weighted by Crippen LogP contribution is -2.45. The Hall–Kier alpha value is -2.18. The molecule has 3 N–H and O–H groups in total. The maximum Gasteiger partial charge on any atom is 0.305 e. The number of rotatable bonds is 75. The summed E-state index contributed by atoms with van der Waals surface area (Å²) in [4.78, 5) is 24.6. The van der Waals surface area contributed by atoms with Gasteiger partial charge in [-0.1, -0.05) is 383 Å². The van der Waals surface area contributed by atoms with Gasteiger partial charge in [-0.15, -0.1) is 0 Å². The van der Waals surface area contributed by atoms with E-state index in [2.05, 4.69) is 67.8 Å². The Morgan fingerprint density at radius 1 is 0.318 bits per heavy atom. The van der Waals surface area contributed by atoms with E-state index in [1.807, 2.05) is 0 Å². The molecule has 0 aliphatic rings. The molecule has 0 aromatic heterocycles. The molecular formula is C82H155NO5. The Balaban J connectivity index is 3.35. The van der Waals surface area contributed by atoms with E-state index < -0.39 is 12.1 Å². The van der Waals surface area contributed by atoms with Gasteiger partial charge in [-0.25, -0.2) is 0 Å². The summed E-state index contributed by atoms with van der Waals surface area (Å²) < 4.78 is 5.49. The van der Waals surface area contributed by atoms with Crippen LogP contribution in [0.15, 0.2) is 48.6 Å². The zero-order chi connectivity index (χ0) is 63.5. The molecule has 0 aromatic rings. The first-order valence-corrected chi connectivity index (χ1v) is 39.9. The fourth-order valence-corrected chi connectivity index (χ4v) is 12.5. The molecule has 2 unspecified atom stereocenters. The lowest BCUT2D eigenvalue weighted by atomic mass is 10.0. The van der Waals surface area contributed by atoms with E-state index in [-0.39, 0.29) is 18.5 Å². The number of esters is 1. The predicted molar refractivity (Wildman–Crippen MR) is 389 cm³/mol. The molecule has 0 saturated heterocycles. The van der Waals surface area contributed by atoms with Crippen molar-refractivity contribution in [1.29, 1.82) is 0 Å². The second kappa shape index (κ2) is 77.3. The van der Waals surface area contributed by atoms with Crippen LogP contribution in [0, 0.1) is 0 Å². The van der Waals surface area contributed by atoms with Crippen molar-refractivity contribution >= 4 is 11.9 Å². The van der Waals surface area contributed by atoms with Crippen LogP contribution in [0.2, 0.25) is 0 Å². The summed E-state index contributed by atoms with van der Waals surface area (Å²) in [6.07, 6.45) is 102. The number of carbonyl (C=O) groups excluding carboxylic acids is 2. The van der Waals surface area contributed by atoms with Gasteiger partial charge in [0.25, 0.3) is 0 Å². The van der Waals surface area contributed by atoms with E-state index in [4.69, 9.17) is 4.74 Å². The molecule has 6 nitrogen and oxygen atoms in total. The molecule has 0 saturated carbocycles. The second-order valence-corrected chi connectivity index (χ2v) is 27.4. The molecule has 1 amide bonds. The third-order valence-corrected chi connectivity index (χ3v) is 18.6. The van der Waals surface area contributed by atoms with Crippen molar-refractivity contribution in [2.45, 2.75) is 450 Å². The Morgan fingerprint density at radius 3 is 0.886 bits per heavy atom. The highest BCUT2D eigenvalue weighted by Crippen LogP contribution is 2.20. The third kappa shape index (κ3) is 72.9. The molecule has 6 heteroatoms. The first kappa shape index (κ1) is 85.8. The fraction of sp³-hybridized carbons (Fsp3) is 0.878. The van der Waals surface area contributed by atoms with Gasteiger partial charge < -0.3 is 20.3 Å². The molecule has 518 valence electrons. The Kier molecular flexibility index (Phi) is 75.4. The molecule has 0 spiro atoms. The van der Waals surface area contributed by atoms with Crippen molar-refractivity contribution in [3.05, 3.63) is 48.6 Å². The van der Waals surface area contributed by atoms with Gasteiger partial charge in [0.2, 0.25) is 5.91 Å². The quantitative estimate of drug-likeness (QED) is 0.0320. The van der Waals surface area contributed by atoms with Gasteiger partial charge in [0, 0.05) is 12.8 Å². The highest BCUT2D eigenvalue weighted by atomic mass is 16.5. The van der Waals surface area contributed by atoms with Crippen LogP contribution in [0.5, 0.6) is 0 Å². The van der Waals surface area contributed by atoms with Crippen LogP contribution in [0.1, 0.15) is 438 Å². The van der Waals surface area contributed by atoms with Gasteiger partial charge in [-0.2, -0.15) is 0 Å². The van der Waals surface area contributed by atoms with E-state index in [1.165, 1.54) is 347 Å². The van der Waals surface area contributed by atoms with Crippen molar-refractivity contribution in [2.75, 3.05) is 13.2 Å². The average Bonchev–Trinajstić information content (AvgIpc) is 3.58. The van der Waals surface area contributed by atoms with Gasteiger partial charge in [0.1, 0.15) is 0 Å². The highest BCUT2D eigenvalue weighted by Gasteiger charge is 2.20. The standard InChI is InChI=1S/C82H155NO5/c1-3-5-7-9-11-13-15-17-19-43-47-50-54-58-62-66-70-74-80(85)79(78-84)83-81(86)75-71-67-63-59-55-51-48-44-41-39-37-35-33-31-29-27-25-23-21-20-22-24-26-28-30-32-34-36-38-40-42-45-49-53-57-61-65-69-73-77-88-82(87)76-72-68-64-60-56-52-46-18-16-14-12-10-8-6-4-2/h12,14,18,20-21,24,26,46,79-80,84-85H,3-11,13,15-17,19,22-23,25,27-45,47-78H2,1-2H3,(H,83,86)/b14-12-,21-20-,26-24-,46-18-. The Bertz CT molecular complexity index is 1470. The summed E-state index contributed by atoms with van der Waals surface area (Å²) in [7, 11) is 0. The van der Waals surface area contributed by atoms with Crippen LogP contribution >= 0.6 is 0 Å². The Morgan fingerprint density at radius 2 is 0.568 bits per heavy atom. The van der Waals surface area contributed by atoms with Crippen molar-refractivity contribution in [2.24, 2.45) is 0 Å². The average molecular weight is 1240 g/mol. The summed E-state index contributed by atoms with van der Waals surface area (Å²) in [5.41, 5.74) is 0. The number of hydrogen-bond acceptors (Lipinski definition) is 5. The minimum absolute atomic E-state index is 0.00659. The zero-order valence-corrected chi connectivity index (χ0v) is 59.5. The number of aliphatic hydroxyl groups excluding tert-OH is 2. The van der Waals surface area contributed by atoms with Crippen LogP contribution in [0.4, 0.5) is 0 Å². The SMILES string of the molecule is CCCCC/C=C\C/C=C\CCCCCCCC(=O)OCCCCCCCCCCCCCCCCC/C=C\C/C=C\CCCCCCCCCCCCCCCCCCCC(=O)NC(CO)C(O)CCCCCCCCCCCCCCCCCCC. The van der Waals surface area contributed by atoms with Crippen molar-refractivity contribution in [3.8, 4) is 0 Å². The van der Waals surface area contributed by atoms with Crippen LogP contribution in [-0.2, 0) is 14.3 Å². The maximum absolute atomic E-state index is 12.5. The van der Waals surface area contributed by atoms with Gasteiger partial charge in [0.05, 0.1) is 25.4 Å². The van der Waals surface area contributed by atoms with Crippen LogP contribution in [0.25, 0.3) is 0 Å². The van der Waals surface area contributed by atoms with Gasteiger partial charge in [-0.05, 0) is 89.9 Å². The largest absolute Gasteiger partial charge is 0.466 e. The van der Waals surface area contributed by atoms with E-state index in [0.29, 0.717) is 25.9 Å². The third-order valence-electron chi connectivity index (χ3n) is 18.6. The first-order valence-electron chi connectivity index (χ1n) is 39.9. The number of nitrogens with one attached hydrogen (secondary N) is 1. The van der Waals surface area contributed by atoms with Crippen LogP contribution in [-0.4, -0.2) is 47.4 Å². The number of allylic oxidation sites excluding steroid dienone is 8. The topological polar surface area (TPSA) is 95.9 Å². The second-order valence-electron chi connectivity index (χ2n) is 27.4. The molecule has 0 bridgehead atoms. The molecule has 0 heterocycles. The minimum atomic E-state index is -0.663. The van der Waals surface area contributed by atoms with Crippen LogP contribution < -0.4 is 5.32 Å². The molecular weight excluding hydrogens is 1080 g/mol. The number of hydrogen-bond donors (Lipinski definition) is 3. The normalized spacial score (nSPS) is 12.7. The van der Waals surface area contributed by atoms with Crippen LogP contribution in [0.3, 0.4) is 0 Å². The van der Waals surface area contributed by atoms with Gasteiger partial charge >= 0.3 is 5.97 Å². The number of ether oxygens (including phenoxy) is 1. The minimum Gasteiger partial charge on any atom is -0.466 e. The van der Waals surface area contributed by atoms with E-state index in [0.717, 1.165) is 57.8 Å². The monoisotopic (exact) mass is 1230 g/mol. The smallest absolute Gasteiger partial charge is 0.305 e. The lowest BCUT2D eigenvalue weighted by Gasteiger charge is -2.22. The molecule has 0 radical (unpaired) electrons. The van der Waals surface area contributed by atoms with Gasteiger partial charge in [0.15, 0.2) is 0 Å². The van der Waals surface area contributed by atoms with Crippen molar-refractivity contribution in [3.63, 3.8) is 0 Å². The van der Waals surface area contributed by atoms with Gasteiger partial charge in [-0.3, -0.25) is 9.59 Å². The summed E-state index contributed by atoms with van der Waals surface area (Å²) >= 11 is 0. The Labute approximate surface area is 550 Å². The first-order chi connectivity index (χ1) is 43.5. The van der Waals surface area contributed by atoms with Crippen molar-refractivity contribution < 1.29 is 24.5 Å². The molecule has 0 aliphatic heterocycles. The summed E-state index contributed by atoms with van der Waals surface area (Å²) in [6, 6.07) is -0.540. The predicted octanol–water partition coefficient (Wildman–Crippen LogP) is 26.4. The van der Waals surface area contributed by atoms with E-state index in [9.17, 15) is 19.8 Å². The number of aliphatic hydroxyl groups is 2. The summed E-state index contributed by atoms with van der Waals surface area (Å²) in [6.45, 7) is 4.96. The molecule has 0 fully saturated rings.